The average molecular weight is 301 g/mol. The molecular weight excluding hydrogens is 278 g/mol. The first-order chi connectivity index (χ1) is 10.6. The molecule has 0 spiro atoms. The molecule has 1 amide bonds. The predicted octanol–water partition coefficient (Wildman–Crippen LogP) is 1.82. The molecule has 1 aliphatic carbocycles. The van der Waals surface area contributed by atoms with E-state index in [1.807, 2.05) is 30.5 Å². The fourth-order valence-electron chi connectivity index (χ4n) is 4.42. The maximum absolute atomic E-state index is 13.1. The molecule has 0 unspecified atom stereocenters. The molecule has 118 valence electrons. The summed E-state index contributed by atoms with van der Waals surface area (Å²) in [6.07, 6.45) is 5.47. The molecule has 3 aliphatic rings. The number of hydrogen-bond donors (Lipinski definition) is 0. The first kappa shape index (κ1) is 13.8. The lowest BCUT2D eigenvalue weighted by molar-refractivity contribution is -0.127. The number of likely N-dealkylation sites (tertiary alicyclic amines) is 1. The Labute approximate surface area is 130 Å². The molecule has 2 fully saturated rings. The number of nitrogens with zero attached hydrogens (tertiary/aromatic N) is 5. The monoisotopic (exact) mass is 301 g/mol. The van der Waals surface area contributed by atoms with Gasteiger partial charge in [-0.25, -0.2) is 4.68 Å². The van der Waals surface area contributed by atoms with Crippen molar-refractivity contribution in [2.24, 2.45) is 11.8 Å². The van der Waals surface area contributed by atoms with E-state index in [4.69, 9.17) is 0 Å². The van der Waals surface area contributed by atoms with Crippen molar-refractivity contribution in [1.82, 2.24) is 19.7 Å². The van der Waals surface area contributed by atoms with Gasteiger partial charge >= 0.3 is 0 Å². The number of amides is 1. The van der Waals surface area contributed by atoms with Crippen molar-refractivity contribution >= 4 is 11.9 Å². The van der Waals surface area contributed by atoms with Crippen molar-refractivity contribution in [2.45, 2.75) is 39.2 Å². The summed E-state index contributed by atoms with van der Waals surface area (Å²) in [5.74, 6) is 2.44. The van der Waals surface area contributed by atoms with Crippen molar-refractivity contribution in [2.75, 3.05) is 25.0 Å². The van der Waals surface area contributed by atoms with Crippen LogP contribution in [0.5, 0.6) is 0 Å². The molecule has 3 heterocycles. The van der Waals surface area contributed by atoms with Gasteiger partial charge in [0.1, 0.15) is 6.33 Å². The number of allylic oxidation sites excluding steroid dienone is 1. The Hall–Kier alpha value is -1.85. The molecule has 6 nitrogen and oxygen atoms in total. The van der Waals surface area contributed by atoms with Gasteiger partial charge in [-0.15, -0.1) is 0 Å². The van der Waals surface area contributed by atoms with Crippen LogP contribution in [-0.2, 0) is 4.79 Å². The van der Waals surface area contributed by atoms with Crippen molar-refractivity contribution < 1.29 is 4.79 Å². The van der Waals surface area contributed by atoms with Crippen LogP contribution < -0.4 is 4.90 Å². The van der Waals surface area contributed by atoms with Crippen LogP contribution in [0.25, 0.3) is 0 Å². The van der Waals surface area contributed by atoms with E-state index < -0.39 is 0 Å². The first-order valence-electron chi connectivity index (χ1n) is 8.21. The zero-order valence-corrected chi connectivity index (χ0v) is 13.5. The van der Waals surface area contributed by atoms with Gasteiger partial charge in [0, 0.05) is 25.8 Å². The number of fused-ring (bicyclic) bond motifs is 2. The summed E-state index contributed by atoms with van der Waals surface area (Å²) in [5, 5.41) is 4.30. The van der Waals surface area contributed by atoms with Crippen LogP contribution in [0, 0.1) is 11.8 Å². The van der Waals surface area contributed by atoms with Gasteiger partial charge in [0.15, 0.2) is 0 Å². The summed E-state index contributed by atoms with van der Waals surface area (Å²) in [6, 6.07) is -0.0540. The number of hydrogen-bond acceptors (Lipinski definition) is 4. The molecule has 6 heteroatoms. The summed E-state index contributed by atoms with van der Waals surface area (Å²) in [5.41, 5.74) is 1.86. The lowest BCUT2D eigenvalue weighted by Gasteiger charge is -2.33. The van der Waals surface area contributed by atoms with Gasteiger partial charge in [0.05, 0.1) is 11.6 Å². The van der Waals surface area contributed by atoms with Crippen molar-refractivity contribution in [1.29, 1.82) is 0 Å². The van der Waals surface area contributed by atoms with Crippen LogP contribution in [0.15, 0.2) is 17.6 Å². The standard InChI is InChI=1S/C16H23N5O/c1-10-14(11(2)21-16(19(10)3)17-9-18-21)15(22)20-7-12-5-4-6-13(12)8-20/h9,11-13H,4-8H2,1-3H3/t11-,12+,13+/m1/s1. The summed E-state index contributed by atoms with van der Waals surface area (Å²) >= 11 is 0. The number of carbonyl (C=O) groups excluding carboxylic acids is 1. The summed E-state index contributed by atoms with van der Waals surface area (Å²) in [6.45, 7) is 5.92. The van der Waals surface area contributed by atoms with Gasteiger partial charge in [-0.05, 0) is 38.5 Å². The Bertz CT molecular complexity index is 637. The molecule has 2 aliphatic heterocycles. The Morgan fingerprint density at radius 1 is 1.27 bits per heavy atom. The quantitative estimate of drug-likeness (QED) is 0.794. The van der Waals surface area contributed by atoms with Crippen LogP contribution in [0.4, 0.5) is 5.95 Å². The van der Waals surface area contributed by atoms with Crippen LogP contribution in [0.2, 0.25) is 0 Å². The molecule has 1 saturated carbocycles. The Balaban J connectivity index is 1.64. The van der Waals surface area contributed by atoms with Gasteiger partial charge in [0.2, 0.25) is 5.95 Å². The number of aromatic nitrogens is 3. The second-order valence-electron chi connectivity index (χ2n) is 6.90. The Morgan fingerprint density at radius 3 is 2.64 bits per heavy atom. The summed E-state index contributed by atoms with van der Waals surface area (Å²) in [4.78, 5) is 21.4. The molecule has 22 heavy (non-hydrogen) atoms. The van der Waals surface area contributed by atoms with Gasteiger partial charge in [-0.2, -0.15) is 10.1 Å². The zero-order valence-electron chi connectivity index (χ0n) is 13.5. The first-order valence-corrected chi connectivity index (χ1v) is 8.21. The molecule has 1 saturated heterocycles. The van der Waals surface area contributed by atoms with Crippen molar-refractivity contribution in [3.8, 4) is 0 Å². The molecule has 4 rings (SSSR count). The normalized spacial score (nSPS) is 30.8. The van der Waals surface area contributed by atoms with Crippen molar-refractivity contribution in [3.05, 3.63) is 17.6 Å². The highest BCUT2D eigenvalue weighted by molar-refractivity contribution is 5.96. The molecular formula is C16H23N5O. The fourth-order valence-corrected chi connectivity index (χ4v) is 4.42. The second-order valence-corrected chi connectivity index (χ2v) is 6.90. The highest BCUT2D eigenvalue weighted by Crippen LogP contribution is 2.40. The smallest absolute Gasteiger partial charge is 0.253 e. The van der Waals surface area contributed by atoms with E-state index in [-0.39, 0.29) is 11.9 Å². The zero-order chi connectivity index (χ0) is 15.4. The molecule has 3 atom stereocenters. The number of carbonyl (C=O) groups is 1. The van der Waals surface area contributed by atoms with Gasteiger partial charge in [-0.3, -0.25) is 4.79 Å². The third-order valence-electron chi connectivity index (χ3n) is 5.78. The van der Waals surface area contributed by atoms with E-state index in [9.17, 15) is 4.79 Å². The summed E-state index contributed by atoms with van der Waals surface area (Å²) in [7, 11) is 1.95. The van der Waals surface area contributed by atoms with E-state index >= 15 is 0 Å². The fraction of sp³-hybridized carbons (Fsp3) is 0.688. The second kappa shape index (κ2) is 4.83. The van der Waals surface area contributed by atoms with E-state index in [1.54, 1.807) is 6.33 Å². The van der Waals surface area contributed by atoms with Gasteiger partial charge < -0.3 is 9.80 Å². The van der Waals surface area contributed by atoms with Crippen LogP contribution >= 0.6 is 0 Å². The summed E-state index contributed by atoms with van der Waals surface area (Å²) < 4.78 is 1.84. The van der Waals surface area contributed by atoms with E-state index in [0.29, 0.717) is 0 Å². The van der Waals surface area contributed by atoms with Crippen LogP contribution in [-0.4, -0.2) is 45.7 Å². The van der Waals surface area contributed by atoms with E-state index in [2.05, 4.69) is 15.0 Å². The molecule has 0 aromatic carbocycles. The topological polar surface area (TPSA) is 54.3 Å². The highest BCUT2D eigenvalue weighted by atomic mass is 16.2. The highest BCUT2D eigenvalue weighted by Gasteiger charge is 2.41. The Kier molecular flexibility index (Phi) is 3.03. The minimum atomic E-state index is -0.0540. The molecule has 1 aromatic heterocycles. The van der Waals surface area contributed by atoms with E-state index in [1.165, 1.54) is 19.3 Å². The minimum absolute atomic E-state index is 0.0540. The molecule has 1 aromatic rings. The van der Waals surface area contributed by atoms with Crippen molar-refractivity contribution in [3.63, 3.8) is 0 Å². The third-order valence-corrected chi connectivity index (χ3v) is 5.78. The SMILES string of the molecule is CC1=C(C(=O)N2C[C@@H]3CCC[C@H]3C2)[C@@H](C)n2ncnc2N1C. The van der Waals surface area contributed by atoms with E-state index in [0.717, 1.165) is 42.1 Å². The lowest BCUT2D eigenvalue weighted by atomic mass is 10.0. The van der Waals surface area contributed by atoms with Gasteiger partial charge in [0.25, 0.3) is 5.91 Å². The maximum Gasteiger partial charge on any atom is 0.253 e. The van der Waals surface area contributed by atoms with Crippen LogP contribution in [0.3, 0.4) is 0 Å². The molecule has 0 bridgehead atoms. The van der Waals surface area contributed by atoms with Crippen LogP contribution in [0.1, 0.15) is 39.2 Å². The Morgan fingerprint density at radius 2 is 1.95 bits per heavy atom. The predicted molar refractivity (Wildman–Crippen MR) is 83.2 cm³/mol. The number of anilines is 1. The molecule has 0 N–H and O–H groups in total. The minimum Gasteiger partial charge on any atom is -0.338 e. The largest absolute Gasteiger partial charge is 0.338 e. The molecule has 0 radical (unpaired) electrons. The average Bonchev–Trinajstić information content (AvgIpc) is 3.19. The lowest BCUT2D eigenvalue weighted by Crippen LogP contribution is -2.39. The third kappa shape index (κ3) is 1.82. The van der Waals surface area contributed by atoms with Gasteiger partial charge in [-0.1, -0.05) is 6.42 Å². The number of rotatable bonds is 1. The maximum atomic E-state index is 13.1.